The highest BCUT2D eigenvalue weighted by molar-refractivity contribution is 6.33. The summed E-state index contributed by atoms with van der Waals surface area (Å²) in [6.07, 6.45) is 4.50. The van der Waals surface area contributed by atoms with Crippen molar-refractivity contribution in [3.05, 3.63) is 64.4 Å². The maximum absolute atomic E-state index is 12.4. The number of aryl methyl sites for hydroxylation is 1. The molecule has 3 rings (SSSR count). The van der Waals surface area contributed by atoms with Gasteiger partial charge in [0.05, 0.1) is 22.2 Å². The molecular formula is C19H20ClN3O2. The Kier molecular flexibility index (Phi) is 5.66. The lowest BCUT2D eigenvalue weighted by molar-refractivity contribution is -0.122. The Morgan fingerprint density at radius 2 is 1.92 bits per heavy atom. The lowest BCUT2D eigenvalue weighted by Gasteiger charge is -2.23. The number of amides is 2. The van der Waals surface area contributed by atoms with Gasteiger partial charge in [0.2, 0.25) is 5.91 Å². The first kappa shape index (κ1) is 17.4. The third kappa shape index (κ3) is 4.17. The standard InChI is InChI=1S/C19H20ClN3O2/c20-16-9-2-1-7-14(16)18(24)22-11-12-23-19(25)15-8-3-5-13-6-4-10-21-17(13)15/h1-2,4,6-7,9-10,15H,3,5,8,11-12H2,(H,22,24)(H,23,25)/t15-/m0/s1. The summed E-state index contributed by atoms with van der Waals surface area (Å²) in [5.74, 6) is -0.486. The maximum atomic E-state index is 12.4. The highest BCUT2D eigenvalue weighted by atomic mass is 35.5. The average Bonchev–Trinajstić information content (AvgIpc) is 2.64. The predicted octanol–water partition coefficient (Wildman–Crippen LogP) is 2.70. The van der Waals surface area contributed by atoms with Gasteiger partial charge in [-0.25, -0.2) is 0 Å². The highest BCUT2D eigenvalue weighted by Crippen LogP contribution is 2.29. The number of aromatic nitrogens is 1. The van der Waals surface area contributed by atoms with Gasteiger partial charge in [0.15, 0.2) is 0 Å². The number of carbonyl (C=O) groups is 2. The molecule has 0 spiro atoms. The summed E-state index contributed by atoms with van der Waals surface area (Å²) in [7, 11) is 0. The summed E-state index contributed by atoms with van der Waals surface area (Å²) in [4.78, 5) is 28.9. The fourth-order valence-corrected chi connectivity index (χ4v) is 3.31. The van der Waals surface area contributed by atoms with E-state index in [2.05, 4.69) is 15.6 Å². The second-order valence-electron chi connectivity index (χ2n) is 6.02. The summed E-state index contributed by atoms with van der Waals surface area (Å²) in [5.41, 5.74) is 2.47. The predicted molar refractivity (Wildman–Crippen MR) is 96.7 cm³/mol. The molecule has 1 aromatic carbocycles. The number of rotatable bonds is 5. The number of benzene rings is 1. The van der Waals surface area contributed by atoms with Crippen LogP contribution >= 0.6 is 11.6 Å². The molecule has 5 nitrogen and oxygen atoms in total. The fourth-order valence-electron chi connectivity index (χ4n) is 3.09. The van der Waals surface area contributed by atoms with Crippen molar-refractivity contribution in [2.24, 2.45) is 0 Å². The van der Waals surface area contributed by atoms with Crippen molar-refractivity contribution in [1.29, 1.82) is 0 Å². The zero-order chi connectivity index (χ0) is 17.6. The topological polar surface area (TPSA) is 71.1 Å². The molecular weight excluding hydrogens is 338 g/mol. The van der Waals surface area contributed by atoms with E-state index in [1.54, 1.807) is 30.5 Å². The van der Waals surface area contributed by atoms with Gasteiger partial charge in [-0.15, -0.1) is 0 Å². The first-order valence-corrected chi connectivity index (χ1v) is 8.79. The minimum atomic E-state index is -0.246. The van der Waals surface area contributed by atoms with Crippen molar-refractivity contribution in [2.45, 2.75) is 25.2 Å². The molecule has 130 valence electrons. The van der Waals surface area contributed by atoms with Crippen molar-refractivity contribution in [3.63, 3.8) is 0 Å². The molecule has 1 heterocycles. The smallest absolute Gasteiger partial charge is 0.252 e. The number of nitrogens with one attached hydrogen (secondary N) is 2. The zero-order valence-corrected chi connectivity index (χ0v) is 14.6. The van der Waals surface area contributed by atoms with Gasteiger partial charge >= 0.3 is 0 Å². The second kappa shape index (κ2) is 8.12. The lowest BCUT2D eigenvalue weighted by atomic mass is 9.86. The van der Waals surface area contributed by atoms with Crippen LogP contribution in [0.25, 0.3) is 0 Å². The maximum Gasteiger partial charge on any atom is 0.252 e. The molecule has 2 N–H and O–H groups in total. The van der Waals surface area contributed by atoms with E-state index >= 15 is 0 Å². The number of nitrogens with zero attached hydrogens (tertiary/aromatic N) is 1. The van der Waals surface area contributed by atoms with E-state index in [0.717, 1.165) is 30.5 Å². The summed E-state index contributed by atoms with van der Waals surface area (Å²) < 4.78 is 0. The van der Waals surface area contributed by atoms with Crippen molar-refractivity contribution >= 4 is 23.4 Å². The third-order valence-corrected chi connectivity index (χ3v) is 4.67. The first-order chi connectivity index (χ1) is 12.2. The Morgan fingerprint density at radius 1 is 1.12 bits per heavy atom. The van der Waals surface area contributed by atoms with E-state index in [4.69, 9.17) is 11.6 Å². The van der Waals surface area contributed by atoms with Crippen LogP contribution in [0.1, 0.15) is 40.4 Å². The van der Waals surface area contributed by atoms with Crippen LogP contribution in [0.2, 0.25) is 5.02 Å². The Labute approximate surface area is 151 Å². The summed E-state index contributed by atoms with van der Waals surface area (Å²) in [6, 6.07) is 10.8. The zero-order valence-electron chi connectivity index (χ0n) is 13.8. The van der Waals surface area contributed by atoms with Crippen LogP contribution < -0.4 is 10.6 Å². The molecule has 25 heavy (non-hydrogen) atoms. The lowest BCUT2D eigenvalue weighted by Crippen LogP contribution is -2.38. The molecule has 0 radical (unpaired) electrons. The van der Waals surface area contributed by atoms with Crippen molar-refractivity contribution < 1.29 is 9.59 Å². The van der Waals surface area contributed by atoms with Gasteiger partial charge in [-0.1, -0.05) is 29.8 Å². The monoisotopic (exact) mass is 357 g/mol. The number of pyridine rings is 1. The molecule has 0 aliphatic heterocycles. The van der Waals surface area contributed by atoms with Gasteiger partial charge in [-0.3, -0.25) is 14.6 Å². The number of hydrogen-bond acceptors (Lipinski definition) is 3. The van der Waals surface area contributed by atoms with Crippen LogP contribution in [0.5, 0.6) is 0 Å². The Morgan fingerprint density at radius 3 is 2.76 bits per heavy atom. The molecule has 0 unspecified atom stereocenters. The van der Waals surface area contributed by atoms with E-state index in [9.17, 15) is 9.59 Å². The van der Waals surface area contributed by atoms with Crippen LogP contribution in [-0.2, 0) is 11.2 Å². The first-order valence-electron chi connectivity index (χ1n) is 8.41. The fraction of sp³-hybridized carbons (Fsp3) is 0.316. The molecule has 2 aromatic rings. The Hall–Kier alpha value is -2.40. The number of carbonyl (C=O) groups excluding carboxylic acids is 2. The van der Waals surface area contributed by atoms with Gasteiger partial charge < -0.3 is 10.6 Å². The molecule has 0 fully saturated rings. The molecule has 1 aliphatic rings. The SMILES string of the molecule is O=C(NCCNC(=O)[C@H]1CCCc2cccnc21)c1ccccc1Cl. The van der Waals surface area contributed by atoms with Gasteiger partial charge in [0.25, 0.3) is 5.91 Å². The van der Waals surface area contributed by atoms with Gasteiger partial charge in [0.1, 0.15) is 0 Å². The number of fused-ring (bicyclic) bond motifs is 1. The van der Waals surface area contributed by atoms with E-state index in [0.29, 0.717) is 23.7 Å². The van der Waals surface area contributed by atoms with Crippen molar-refractivity contribution in [3.8, 4) is 0 Å². The Bertz CT molecular complexity index is 779. The van der Waals surface area contributed by atoms with Crippen LogP contribution in [0.15, 0.2) is 42.6 Å². The third-order valence-electron chi connectivity index (χ3n) is 4.34. The van der Waals surface area contributed by atoms with E-state index in [1.807, 2.05) is 12.1 Å². The molecule has 0 saturated carbocycles. The highest BCUT2D eigenvalue weighted by Gasteiger charge is 2.27. The van der Waals surface area contributed by atoms with E-state index in [-0.39, 0.29) is 17.7 Å². The molecule has 1 aromatic heterocycles. The number of halogens is 1. The Balaban J connectivity index is 1.49. The summed E-state index contributed by atoms with van der Waals surface area (Å²) in [5, 5.41) is 6.06. The molecule has 2 amide bonds. The normalized spacial score (nSPS) is 16.0. The van der Waals surface area contributed by atoms with E-state index < -0.39 is 0 Å². The van der Waals surface area contributed by atoms with Crippen molar-refractivity contribution in [2.75, 3.05) is 13.1 Å². The van der Waals surface area contributed by atoms with Crippen LogP contribution in [-0.4, -0.2) is 29.9 Å². The summed E-state index contributed by atoms with van der Waals surface area (Å²) >= 11 is 5.99. The number of hydrogen-bond donors (Lipinski definition) is 2. The van der Waals surface area contributed by atoms with E-state index in [1.165, 1.54) is 0 Å². The second-order valence-corrected chi connectivity index (χ2v) is 6.43. The summed E-state index contributed by atoms with van der Waals surface area (Å²) in [6.45, 7) is 0.714. The van der Waals surface area contributed by atoms with Gasteiger partial charge in [0, 0.05) is 19.3 Å². The van der Waals surface area contributed by atoms with Gasteiger partial charge in [-0.05, 0) is 43.0 Å². The minimum absolute atomic E-state index is 0.0355. The van der Waals surface area contributed by atoms with Crippen molar-refractivity contribution in [1.82, 2.24) is 15.6 Å². The molecule has 0 saturated heterocycles. The minimum Gasteiger partial charge on any atom is -0.354 e. The molecule has 1 aliphatic carbocycles. The molecule has 0 bridgehead atoms. The quantitative estimate of drug-likeness (QED) is 0.808. The van der Waals surface area contributed by atoms with Gasteiger partial charge in [-0.2, -0.15) is 0 Å². The average molecular weight is 358 g/mol. The molecule has 1 atom stereocenters. The molecule has 6 heteroatoms. The largest absolute Gasteiger partial charge is 0.354 e. The van der Waals surface area contributed by atoms with Crippen LogP contribution in [0.3, 0.4) is 0 Å². The van der Waals surface area contributed by atoms with Crippen LogP contribution in [0, 0.1) is 0 Å². The van der Waals surface area contributed by atoms with Crippen LogP contribution in [0.4, 0.5) is 0 Å².